The van der Waals surface area contributed by atoms with Crippen LogP contribution in [0.15, 0.2) is 158 Å². The Balaban J connectivity index is 1.45. The van der Waals surface area contributed by atoms with Crippen LogP contribution < -0.4 is 9.80 Å². The molecule has 0 aliphatic heterocycles. The van der Waals surface area contributed by atoms with Gasteiger partial charge in [-0.3, -0.25) is 0 Å². The van der Waals surface area contributed by atoms with Crippen molar-refractivity contribution in [3.63, 3.8) is 0 Å². The number of rotatable bonds is 6. The standard InChI is InChI=1S/C46H32N4/c1-31-11-19-35(20-12-31)49(37-23-15-33(29-47)16-24-37)45-27-43-40-8-4-6-10-42(40)46(28-44(43)39-7-3-5-9-41(39)45)50(36-21-13-32(2)14-22-36)38-25-17-34(30-48)18-26-38/h3-28H,1-2H3. The molecule has 0 aromatic heterocycles. The largest absolute Gasteiger partial charge is 0.310 e. The van der Waals surface area contributed by atoms with Crippen LogP contribution >= 0.6 is 0 Å². The molecule has 0 saturated carbocycles. The van der Waals surface area contributed by atoms with Crippen LogP contribution in [0.4, 0.5) is 34.1 Å². The Labute approximate surface area is 291 Å². The minimum atomic E-state index is 0.625. The van der Waals surface area contributed by atoms with Gasteiger partial charge in [-0.05, 0) is 120 Å². The van der Waals surface area contributed by atoms with Gasteiger partial charge in [0.15, 0.2) is 0 Å². The third-order valence-corrected chi connectivity index (χ3v) is 9.41. The Bertz CT molecular complexity index is 2420. The fraction of sp³-hybridized carbons (Fsp3) is 0.0435. The molecule has 0 N–H and O–H groups in total. The van der Waals surface area contributed by atoms with Crippen LogP contribution in [0.25, 0.3) is 32.3 Å². The molecule has 0 bridgehead atoms. The van der Waals surface area contributed by atoms with E-state index >= 15 is 0 Å². The Morgan fingerprint density at radius 2 is 0.660 bits per heavy atom. The smallest absolute Gasteiger partial charge is 0.0991 e. The lowest BCUT2D eigenvalue weighted by atomic mass is 9.93. The average Bonchev–Trinajstić information content (AvgIpc) is 3.17. The first-order valence-electron chi connectivity index (χ1n) is 16.6. The van der Waals surface area contributed by atoms with Gasteiger partial charge in [-0.1, -0.05) is 83.9 Å². The van der Waals surface area contributed by atoms with Gasteiger partial charge >= 0.3 is 0 Å². The molecule has 0 fully saturated rings. The Morgan fingerprint density at radius 3 is 0.980 bits per heavy atom. The molecule has 0 saturated heterocycles. The van der Waals surface area contributed by atoms with Crippen molar-refractivity contribution in [2.75, 3.05) is 9.80 Å². The molecule has 4 heteroatoms. The minimum Gasteiger partial charge on any atom is -0.310 e. The van der Waals surface area contributed by atoms with E-state index in [4.69, 9.17) is 0 Å². The molecule has 8 rings (SSSR count). The number of nitriles is 2. The lowest BCUT2D eigenvalue weighted by Gasteiger charge is -2.30. The Morgan fingerprint density at radius 1 is 0.360 bits per heavy atom. The second-order valence-corrected chi connectivity index (χ2v) is 12.6. The molecule has 4 nitrogen and oxygen atoms in total. The molecule has 8 aromatic rings. The summed E-state index contributed by atoms with van der Waals surface area (Å²) in [6, 6.07) is 59.2. The van der Waals surface area contributed by atoms with Gasteiger partial charge in [0.25, 0.3) is 0 Å². The van der Waals surface area contributed by atoms with Crippen molar-refractivity contribution in [3.8, 4) is 12.1 Å². The minimum absolute atomic E-state index is 0.625. The average molecular weight is 641 g/mol. The van der Waals surface area contributed by atoms with E-state index in [0.717, 1.165) is 66.4 Å². The zero-order valence-corrected chi connectivity index (χ0v) is 27.8. The second kappa shape index (κ2) is 12.6. The summed E-state index contributed by atoms with van der Waals surface area (Å²) in [5.41, 5.74) is 9.78. The van der Waals surface area contributed by atoms with Crippen molar-refractivity contribution >= 4 is 66.4 Å². The monoisotopic (exact) mass is 640 g/mol. The van der Waals surface area contributed by atoms with Crippen LogP contribution in [-0.4, -0.2) is 0 Å². The van der Waals surface area contributed by atoms with E-state index in [9.17, 15) is 10.5 Å². The fourth-order valence-corrected chi connectivity index (χ4v) is 6.90. The summed E-state index contributed by atoms with van der Waals surface area (Å²) in [6.45, 7) is 4.20. The van der Waals surface area contributed by atoms with Crippen molar-refractivity contribution in [2.45, 2.75) is 13.8 Å². The molecule has 8 aromatic carbocycles. The van der Waals surface area contributed by atoms with Gasteiger partial charge in [-0.2, -0.15) is 10.5 Å². The summed E-state index contributed by atoms with van der Waals surface area (Å²) in [5.74, 6) is 0. The second-order valence-electron chi connectivity index (χ2n) is 12.6. The maximum Gasteiger partial charge on any atom is 0.0991 e. The predicted molar refractivity (Wildman–Crippen MR) is 207 cm³/mol. The molecule has 0 unspecified atom stereocenters. The molecule has 236 valence electrons. The molecular weight excluding hydrogens is 609 g/mol. The van der Waals surface area contributed by atoms with E-state index in [0.29, 0.717) is 11.1 Å². The molecule has 0 heterocycles. The van der Waals surface area contributed by atoms with Gasteiger partial charge in [-0.25, -0.2) is 0 Å². The molecule has 0 aliphatic rings. The number of hydrogen-bond acceptors (Lipinski definition) is 4. The van der Waals surface area contributed by atoms with Crippen molar-refractivity contribution in [3.05, 3.63) is 180 Å². The van der Waals surface area contributed by atoms with E-state index in [1.807, 2.05) is 48.5 Å². The van der Waals surface area contributed by atoms with Crippen LogP contribution in [0.5, 0.6) is 0 Å². The maximum atomic E-state index is 9.55. The number of benzene rings is 8. The highest BCUT2D eigenvalue weighted by Gasteiger charge is 2.22. The maximum absolute atomic E-state index is 9.55. The van der Waals surface area contributed by atoms with Crippen molar-refractivity contribution < 1.29 is 0 Å². The van der Waals surface area contributed by atoms with E-state index in [-0.39, 0.29) is 0 Å². The third kappa shape index (κ3) is 5.36. The van der Waals surface area contributed by atoms with Crippen LogP contribution in [-0.2, 0) is 0 Å². The zero-order chi connectivity index (χ0) is 34.2. The van der Waals surface area contributed by atoms with Crippen LogP contribution in [0.2, 0.25) is 0 Å². The molecule has 0 atom stereocenters. The highest BCUT2D eigenvalue weighted by molar-refractivity contribution is 6.24. The Kier molecular flexibility index (Phi) is 7.69. The predicted octanol–water partition coefficient (Wildman–Crippen LogP) is 12.4. The first-order valence-corrected chi connectivity index (χ1v) is 16.6. The van der Waals surface area contributed by atoms with Gasteiger partial charge in [0.1, 0.15) is 0 Å². The molecule has 0 amide bonds. The highest BCUT2D eigenvalue weighted by Crippen LogP contribution is 2.47. The van der Waals surface area contributed by atoms with Gasteiger partial charge < -0.3 is 9.80 Å². The Hall–Kier alpha value is -6.88. The number of fused-ring (bicyclic) bond motifs is 5. The molecule has 50 heavy (non-hydrogen) atoms. The van der Waals surface area contributed by atoms with Crippen molar-refractivity contribution in [1.29, 1.82) is 10.5 Å². The molecule has 0 radical (unpaired) electrons. The van der Waals surface area contributed by atoms with Crippen LogP contribution in [0.1, 0.15) is 22.3 Å². The number of nitrogens with zero attached hydrogens (tertiary/aromatic N) is 4. The number of anilines is 6. The van der Waals surface area contributed by atoms with E-state index in [1.165, 1.54) is 11.1 Å². The van der Waals surface area contributed by atoms with Gasteiger partial charge in [0, 0.05) is 33.5 Å². The zero-order valence-electron chi connectivity index (χ0n) is 27.8. The summed E-state index contributed by atoms with van der Waals surface area (Å²) < 4.78 is 0. The van der Waals surface area contributed by atoms with Crippen molar-refractivity contribution in [2.24, 2.45) is 0 Å². The van der Waals surface area contributed by atoms with Gasteiger partial charge in [-0.15, -0.1) is 0 Å². The SMILES string of the molecule is Cc1ccc(N(c2ccc(C#N)cc2)c2cc3c4ccccc4c(N(c4ccc(C)cc4)c4ccc(C#N)cc4)cc3c3ccccc23)cc1. The molecule has 0 aliphatic carbocycles. The normalized spacial score (nSPS) is 11.0. The van der Waals surface area contributed by atoms with E-state index < -0.39 is 0 Å². The fourth-order valence-electron chi connectivity index (χ4n) is 6.90. The lowest BCUT2D eigenvalue weighted by Crippen LogP contribution is -2.12. The first-order chi connectivity index (χ1) is 24.5. The first kappa shape index (κ1) is 30.5. The summed E-state index contributed by atoms with van der Waals surface area (Å²) in [6.07, 6.45) is 0. The van der Waals surface area contributed by atoms with E-state index in [2.05, 4.69) is 145 Å². The summed E-state index contributed by atoms with van der Waals surface area (Å²) >= 11 is 0. The van der Waals surface area contributed by atoms with Crippen LogP contribution in [0, 0.1) is 36.5 Å². The quantitative estimate of drug-likeness (QED) is 0.170. The van der Waals surface area contributed by atoms with Crippen LogP contribution in [0.3, 0.4) is 0 Å². The summed E-state index contributed by atoms with van der Waals surface area (Å²) in [7, 11) is 0. The molecule has 0 spiro atoms. The van der Waals surface area contributed by atoms with Crippen molar-refractivity contribution in [1.82, 2.24) is 0 Å². The topological polar surface area (TPSA) is 54.1 Å². The number of aryl methyl sites for hydroxylation is 2. The van der Waals surface area contributed by atoms with E-state index in [1.54, 1.807) is 0 Å². The highest BCUT2D eigenvalue weighted by atomic mass is 15.1. The summed E-state index contributed by atoms with van der Waals surface area (Å²) in [4.78, 5) is 4.58. The number of hydrogen-bond donors (Lipinski definition) is 0. The molecular formula is C46H32N4. The lowest BCUT2D eigenvalue weighted by molar-refractivity contribution is 1.28. The van der Waals surface area contributed by atoms with Gasteiger partial charge in [0.05, 0.1) is 34.6 Å². The van der Waals surface area contributed by atoms with Gasteiger partial charge in [0.2, 0.25) is 0 Å². The summed E-state index contributed by atoms with van der Waals surface area (Å²) in [5, 5.41) is 25.9. The third-order valence-electron chi connectivity index (χ3n) is 9.41.